The number of hydrogen-bond acceptors (Lipinski definition) is 7. The summed E-state index contributed by atoms with van der Waals surface area (Å²) in [6.45, 7) is 3.32. The van der Waals surface area contributed by atoms with Crippen LogP contribution >= 0.6 is 0 Å². The standard InChI is InChI=1S/C22H30N2O7S/c1-7-15(2)23-22(25)14-24(18-12-16(28-3)8-10-19(18)29-4)32(26,27)17-9-11-20(30-5)21(13-17)31-6/h8-13,15H,7,14H2,1-6H3,(H,23,25). The van der Waals surface area contributed by atoms with Gasteiger partial charge in [0, 0.05) is 18.2 Å². The number of amides is 1. The van der Waals surface area contributed by atoms with Crippen LogP contribution < -0.4 is 28.6 Å². The lowest BCUT2D eigenvalue weighted by atomic mass is 10.2. The van der Waals surface area contributed by atoms with Gasteiger partial charge in [-0.2, -0.15) is 0 Å². The van der Waals surface area contributed by atoms with Gasteiger partial charge in [0.1, 0.15) is 18.0 Å². The number of rotatable bonds is 11. The Labute approximate surface area is 189 Å². The number of anilines is 1. The van der Waals surface area contributed by atoms with E-state index in [1.165, 1.54) is 52.7 Å². The smallest absolute Gasteiger partial charge is 0.265 e. The SMILES string of the molecule is CCC(C)NC(=O)CN(c1cc(OC)ccc1OC)S(=O)(=O)c1ccc(OC)c(OC)c1. The molecule has 0 fully saturated rings. The highest BCUT2D eigenvalue weighted by Crippen LogP contribution is 2.37. The first-order chi connectivity index (χ1) is 15.2. The molecule has 0 aliphatic heterocycles. The highest BCUT2D eigenvalue weighted by atomic mass is 32.2. The molecule has 176 valence electrons. The molecule has 2 rings (SSSR count). The van der Waals surface area contributed by atoms with Gasteiger partial charge in [0.15, 0.2) is 11.5 Å². The van der Waals surface area contributed by atoms with Gasteiger partial charge in [0.25, 0.3) is 10.0 Å². The summed E-state index contributed by atoms with van der Waals surface area (Å²) < 4.78 is 49.5. The van der Waals surface area contributed by atoms with Gasteiger partial charge in [-0.1, -0.05) is 6.92 Å². The lowest BCUT2D eigenvalue weighted by Gasteiger charge is -2.27. The lowest BCUT2D eigenvalue weighted by molar-refractivity contribution is -0.120. The average Bonchev–Trinajstić information content (AvgIpc) is 2.81. The Bertz CT molecular complexity index is 1040. The van der Waals surface area contributed by atoms with Gasteiger partial charge in [-0.15, -0.1) is 0 Å². The first kappa shape index (κ1) is 25.1. The second kappa shape index (κ2) is 10.9. The van der Waals surface area contributed by atoms with E-state index in [9.17, 15) is 13.2 Å². The van der Waals surface area contributed by atoms with E-state index in [-0.39, 0.29) is 28.1 Å². The Morgan fingerprint density at radius 1 is 0.938 bits per heavy atom. The molecule has 1 amide bonds. The largest absolute Gasteiger partial charge is 0.497 e. The molecule has 0 saturated heterocycles. The zero-order valence-corrected chi connectivity index (χ0v) is 20.0. The lowest BCUT2D eigenvalue weighted by Crippen LogP contribution is -2.43. The summed E-state index contributed by atoms with van der Waals surface area (Å²) in [5, 5.41) is 2.80. The molecule has 0 saturated carbocycles. The third kappa shape index (κ3) is 5.56. The zero-order chi connectivity index (χ0) is 23.9. The normalized spacial score (nSPS) is 11.9. The second-order valence-electron chi connectivity index (χ2n) is 6.94. The summed E-state index contributed by atoms with van der Waals surface area (Å²) in [4.78, 5) is 12.6. The van der Waals surface area contributed by atoms with Gasteiger partial charge in [-0.05, 0) is 37.6 Å². The Kier molecular flexibility index (Phi) is 8.59. The fraction of sp³-hybridized carbons (Fsp3) is 0.409. The minimum absolute atomic E-state index is 0.0728. The van der Waals surface area contributed by atoms with Crippen LogP contribution in [0.4, 0.5) is 5.69 Å². The molecular formula is C22H30N2O7S. The predicted octanol–water partition coefficient (Wildman–Crippen LogP) is 2.83. The van der Waals surface area contributed by atoms with E-state index in [1.54, 1.807) is 12.1 Å². The third-order valence-electron chi connectivity index (χ3n) is 4.90. The molecule has 32 heavy (non-hydrogen) atoms. The van der Waals surface area contributed by atoms with Crippen molar-refractivity contribution in [3.05, 3.63) is 36.4 Å². The monoisotopic (exact) mass is 466 g/mol. The molecule has 0 spiro atoms. The van der Waals surface area contributed by atoms with Crippen LogP contribution in [0.15, 0.2) is 41.3 Å². The van der Waals surface area contributed by atoms with E-state index in [2.05, 4.69) is 5.32 Å². The third-order valence-corrected chi connectivity index (χ3v) is 6.66. The van der Waals surface area contributed by atoms with Crippen molar-refractivity contribution in [2.45, 2.75) is 31.2 Å². The van der Waals surface area contributed by atoms with Crippen molar-refractivity contribution in [1.29, 1.82) is 0 Å². The Morgan fingerprint density at radius 2 is 1.56 bits per heavy atom. The van der Waals surface area contributed by atoms with Gasteiger partial charge in [-0.3, -0.25) is 9.10 Å². The Balaban J connectivity index is 2.64. The highest BCUT2D eigenvalue weighted by Gasteiger charge is 2.31. The quantitative estimate of drug-likeness (QED) is 0.543. The molecule has 1 unspecified atom stereocenters. The molecule has 0 aliphatic rings. The van der Waals surface area contributed by atoms with Gasteiger partial charge < -0.3 is 24.3 Å². The molecule has 0 bridgehead atoms. The summed E-state index contributed by atoms with van der Waals surface area (Å²) in [6.07, 6.45) is 0.705. The first-order valence-electron chi connectivity index (χ1n) is 9.97. The van der Waals surface area contributed by atoms with Gasteiger partial charge >= 0.3 is 0 Å². The number of nitrogens with zero attached hydrogens (tertiary/aromatic N) is 1. The first-order valence-corrected chi connectivity index (χ1v) is 11.4. The summed E-state index contributed by atoms with van der Waals surface area (Å²) in [7, 11) is 1.55. The molecule has 1 atom stereocenters. The van der Waals surface area contributed by atoms with Crippen molar-refractivity contribution in [2.75, 3.05) is 39.3 Å². The van der Waals surface area contributed by atoms with E-state index in [0.29, 0.717) is 17.9 Å². The van der Waals surface area contributed by atoms with Crippen LogP contribution in [0, 0.1) is 0 Å². The number of hydrogen-bond donors (Lipinski definition) is 1. The summed E-state index contributed by atoms with van der Waals surface area (Å²) in [5.41, 5.74) is 0.168. The molecule has 0 aromatic heterocycles. The van der Waals surface area contributed by atoms with E-state index >= 15 is 0 Å². The van der Waals surface area contributed by atoms with Crippen molar-refractivity contribution in [3.8, 4) is 23.0 Å². The van der Waals surface area contributed by atoms with Gasteiger partial charge in [-0.25, -0.2) is 8.42 Å². The number of carbonyl (C=O) groups excluding carboxylic acids is 1. The highest BCUT2D eigenvalue weighted by molar-refractivity contribution is 7.92. The van der Waals surface area contributed by atoms with Crippen molar-refractivity contribution in [3.63, 3.8) is 0 Å². The van der Waals surface area contributed by atoms with E-state index < -0.39 is 22.5 Å². The second-order valence-corrected chi connectivity index (χ2v) is 8.81. The molecule has 1 N–H and O–H groups in total. The van der Waals surface area contributed by atoms with Crippen LogP contribution in [0.1, 0.15) is 20.3 Å². The molecule has 10 heteroatoms. The molecule has 0 aliphatic carbocycles. The van der Waals surface area contributed by atoms with Crippen LogP contribution in [-0.4, -0.2) is 55.4 Å². The predicted molar refractivity (Wildman–Crippen MR) is 122 cm³/mol. The number of methoxy groups -OCH3 is 4. The van der Waals surface area contributed by atoms with E-state index in [0.717, 1.165) is 4.31 Å². The topological polar surface area (TPSA) is 103 Å². The van der Waals surface area contributed by atoms with Crippen molar-refractivity contribution in [1.82, 2.24) is 5.32 Å². The van der Waals surface area contributed by atoms with Crippen LogP contribution in [0.25, 0.3) is 0 Å². The van der Waals surface area contributed by atoms with Crippen LogP contribution in [0.3, 0.4) is 0 Å². The number of benzene rings is 2. The molecule has 2 aromatic carbocycles. The van der Waals surface area contributed by atoms with Crippen molar-refractivity contribution >= 4 is 21.6 Å². The van der Waals surface area contributed by atoms with Gasteiger partial charge in [0.05, 0.1) is 39.0 Å². The van der Waals surface area contributed by atoms with Crippen LogP contribution in [-0.2, 0) is 14.8 Å². The van der Waals surface area contributed by atoms with E-state index in [1.807, 2.05) is 13.8 Å². The minimum Gasteiger partial charge on any atom is -0.497 e. The summed E-state index contributed by atoms with van der Waals surface area (Å²) >= 11 is 0. The Morgan fingerprint density at radius 3 is 2.12 bits per heavy atom. The minimum atomic E-state index is -4.21. The average molecular weight is 467 g/mol. The number of ether oxygens (including phenoxy) is 4. The number of nitrogens with one attached hydrogen (secondary N) is 1. The van der Waals surface area contributed by atoms with Crippen molar-refractivity contribution in [2.24, 2.45) is 0 Å². The fourth-order valence-electron chi connectivity index (χ4n) is 2.95. The molecule has 0 heterocycles. The molecule has 2 aromatic rings. The Hall–Kier alpha value is -3.14. The summed E-state index contributed by atoms with van der Waals surface area (Å²) in [5.74, 6) is 0.858. The molecule has 9 nitrogen and oxygen atoms in total. The zero-order valence-electron chi connectivity index (χ0n) is 19.2. The maximum absolute atomic E-state index is 13.7. The maximum Gasteiger partial charge on any atom is 0.265 e. The maximum atomic E-state index is 13.7. The molecule has 0 radical (unpaired) electrons. The van der Waals surface area contributed by atoms with E-state index in [4.69, 9.17) is 18.9 Å². The van der Waals surface area contributed by atoms with Crippen LogP contribution in [0.2, 0.25) is 0 Å². The van der Waals surface area contributed by atoms with Gasteiger partial charge in [0.2, 0.25) is 5.91 Å². The number of sulfonamides is 1. The summed E-state index contributed by atoms with van der Waals surface area (Å²) in [6, 6.07) is 8.85. The van der Waals surface area contributed by atoms with Crippen LogP contribution in [0.5, 0.6) is 23.0 Å². The fourth-order valence-corrected chi connectivity index (χ4v) is 4.39. The molecular weight excluding hydrogens is 436 g/mol. The number of carbonyl (C=O) groups is 1. The van der Waals surface area contributed by atoms with Crippen molar-refractivity contribution < 1.29 is 32.2 Å².